The van der Waals surface area contributed by atoms with Crippen LogP contribution in [-0.2, 0) is 6.54 Å². The Kier molecular flexibility index (Phi) is 5.09. The standard InChI is InChI=1S/C20H25N3/c1-17-6-8-19(9-7-17)16-22-10-12-23(13-11-22)21-15-20-5-3-4-18(2)14-20/h3-9,14-15H,10-13,16H2,1-2H3. The van der Waals surface area contributed by atoms with E-state index < -0.39 is 0 Å². The highest BCUT2D eigenvalue weighted by atomic mass is 15.5. The molecule has 3 rings (SSSR count). The smallest absolute Gasteiger partial charge is 0.0543 e. The van der Waals surface area contributed by atoms with Crippen LogP contribution in [-0.4, -0.2) is 42.3 Å². The summed E-state index contributed by atoms with van der Waals surface area (Å²) >= 11 is 0. The first-order valence-electron chi connectivity index (χ1n) is 8.32. The van der Waals surface area contributed by atoms with Crippen molar-refractivity contribution in [1.29, 1.82) is 0 Å². The number of aryl methyl sites for hydroxylation is 2. The molecule has 0 aliphatic carbocycles. The first-order chi connectivity index (χ1) is 11.2. The summed E-state index contributed by atoms with van der Waals surface area (Å²) in [5.74, 6) is 0. The Balaban J connectivity index is 1.49. The van der Waals surface area contributed by atoms with Gasteiger partial charge < -0.3 is 0 Å². The van der Waals surface area contributed by atoms with E-state index in [4.69, 9.17) is 0 Å². The molecule has 120 valence electrons. The van der Waals surface area contributed by atoms with E-state index in [0.717, 1.165) is 32.7 Å². The fourth-order valence-corrected chi connectivity index (χ4v) is 2.86. The normalized spacial score (nSPS) is 16.2. The molecular weight excluding hydrogens is 282 g/mol. The Morgan fingerprint density at radius 1 is 0.913 bits per heavy atom. The zero-order chi connectivity index (χ0) is 16.1. The van der Waals surface area contributed by atoms with Crippen LogP contribution >= 0.6 is 0 Å². The molecule has 0 bridgehead atoms. The average Bonchev–Trinajstić information content (AvgIpc) is 2.56. The Bertz CT molecular complexity index is 653. The van der Waals surface area contributed by atoms with Crippen LogP contribution in [0.1, 0.15) is 22.3 Å². The molecular formula is C20H25N3. The third-order valence-electron chi connectivity index (χ3n) is 4.29. The quantitative estimate of drug-likeness (QED) is 0.806. The lowest BCUT2D eigenvalue weighted by Crippen LogP contribution is -2.43. The van der Waals surface area contributed by atoms with Crippen LogP contribution in [0.2, 0.25) is 0 Å². The van der Waals surface area contributed by atoms with Crippen LogP contribution < -0.4 is 0 Å². The highest BCUT2D eigenvalue weighted by Crippen LogP contribution is 2.10. The molecule has 3 nitrogen and oxygen atoms in total. The number of hydrogen-bond acceptors (Lipinski definition) is 3. The van der Waals surface area contributed by atoms with Gasteiger partial charge in [0.15, 0.2) is 0 Å². The summed E-state index contributed by atoms with van der Waals surface area (Å²) in [4.78, 5) is 2.50. The van der Waals surface area contributed by atoms with E-state index in [1.165, 1.54) is 22.3 Å². The lowest BCUT2D eigenvalue weighted by Gasteiger charge is -2.33. The molecule has 2 aromatic rings. The zero-order valence-electron chi connectivity index (χ0n) is 14.1. The van der Waals surface area contributed by atoms with Gasteiger partial charge in [-0.2, -0.15) is 5.10 Å². The molecule has 0 amide bonds. The minimum absolute atomic E-state index is 0.994. The van der Waals surface area contributed by atoms with Gasteiger partial charge in [-0.3, -0.25) is 9.91 Å². The Morgan fingerprint density at radius 2 is 1.65 bits per heavy atom. The van der Waals surface area contributed by atoms with E-state index >= 15 is 0 Å². The number of hydrazone groups is 1. The van der Waals surface area contributed by atoms with Gasteiger partial charge in [0.25, 0.3) is 0 Å². The van der Waals surface area contributed by atoms with Crippen molar-refractivity contribution in [3.63, 3.8) is 0 Å². The van der Waals surface area contributed by atoms with Gasteiger partial charge in [-0.05, 0) is 25.0 Å². The Labute approximate surface area is 139 Å². The molecule has 1 heterocycles. The van der Waals surface area contributed by atoms with E-state index in [-0.39, 0.29) is 0 Å². The van der Waals surface area contributed by atoms with E-state index in [1.807, 2.05) is 6.21 Å². The van der Waals surface area contributed by atoms with Crippen molar-refractivity contribution in [3.05, 3.63) is 70.8 Å². The molecule has 2 aromatic carbocycles. The summed E-state index contributed by atoms with van der Waals surface area (Å²) in [6.45, 7) is 9.41. The van der Waals surface area contributed by atoms with Crippen LogP contribution in [0.15, 0.2) is 53.6 Å². The van der Waals surface area contributed by atoms with Gasteiger partial charge in [-0.15, -0.1) is 0 Å². The van der Waals surface area contributed by atoms with Crippen LogP contribution in [0.4, 0.5) is 0 Å². The highest BCUT2D eigenvalue weighted by Gasteiger charge is 2.15. The Hall–Kier alpha value is -2.13. The van der Waals surface area contributed by atoms with Crippen molar-refractivity contribution in [1.82, 2.24) is 9.91 Å². The number of rotatable bonds is 4. The lowest BCUT2D eigenvalue weighted by atomic mass is 10.1. The Morgan fingerprint density at radius 3 is 2.35 bits per heavy atom. The molecule has 3 heteroatoms. The van der Waals surface area contributed by atoms with Crippen LogP contribution in [0.25, 0.3) is 0 Å². The maximum Gasteiger partial charge on any atom is 0.0543 e. The van der Waals surface area contributed by atoms with Crippen molar-refractivity contribution in [2.45, 2.75) is 20.4 Å². The van der Waals surface area contributed by atoms with Gasteiger partial charge in [0.1, 0.15) is 0 Å². The molecule has 23 heavy (non-hydrogen) atoms. The van der Waals surface area contributed by atoms with Gasteiger partial charge in [0.05, 0.1) is 6.21 Å². The van der Waals surface area contributed by atoms with Gasteiger partial charge >= 0.3 is 0 Å². The van der Waals surface area contributed by atoms with Crippen LogP contribution in [0.3, 0.4) is 0 Å². The van der Waals surface area contributed by atoms with Crippen LogP contribution in [0, 0.1) is 13.8 Å². The first-order valence-corrected chi connectivity index (χ1v) is 8.32. The van der Waals surface area contributed by atoms with E-state index in [9.17, 15) is 0 Å². The fraction of sp³-hybridized carbons (Fsp3) is 0.350. The number of piperazine rings is 1. The van der Waals surface area contributed by atoms with E-state index in [1.54, 1.807) is 0 Å². The van der Waals surface area contributed by atoms with Gasteiger partial charge in [-0.1, -0.05) is 59.7 Å². The maximum atomic E-state index is 4.63. The minimum Gasteiger partial charge on any atom is -0.295 e. The first kappa shape index (κ1) is 15.8. The molecule has 0 N–H and O–H groups in total. The molecule has 1 saturated heterocycles. The van der Waals surface area contributed by atoms with Crippen molar-refractivity contribution < 1.29 is 0 Å². The molecule has 0 unspecified atom stereocenters. The molecule has 1 fully saturated rings. The summed E-state index contributed by atoms with van der Waals surface area (Å²) < 4.78 is 0. The summed E-state index contributed by atoms with van der Waals surface area (Å²) in [6.07, 6.45) is 1.97. The maximum absolute atomic E-state index is 4.63. The van der Waals surface area contributed by atoms with Gasteiger partial charge in [0, 0.05) is 32.7 Å². The van der Waals surface area contributed by atoms with Crippen LogP contribution in [0.5, 0.6) is 0 Å². The fourth-order valence-electron chi connectivity index (χ4n) is 2.86. The monoisotopic (exact) mass is 307 g/mol. The summed E-state index contributed by atoms with van der Waals surface area (Å²) in [7, 11) is 0. The van der Waals surface area contributed by atoms with Gasteiger partial charge in [0.2, 0.25) is 0 Å². The number of nitrogens with zero attached hydrogens (tertiary/aromatic N) is 3. The highest BCUT2D eigenvalue weighted by molar-refractivity contribution is 5.79. The van der Waals surface area contributed by atoms with Crippen molar-refractivity contribution in [2.24, 2.45) is 5.10 Å². The molecule has 0 spiro atoms. The number of hydrogen-bond donors (Lipinski definition) is 0. The second kappa shape index (κ2) is 7.42. The van der Waals surface area contributed by atoms with Crippen molar-refractivity contribution in [3.8, 4) is 0 Å². The second-order valence-corrected chi connectivity index (χ2v) is 6.37. The third-order valence-corrected chi connectivity index (χ3v) is 4.29. The topological polar surface area (TPSA) is 18.8 Å². The second-order valence-electron chi connectivity index (χ2n) is 6.37. The molecule has 0 radical (unpaired) electrons. The zero-order valence-corrected chi connectivity index (χ0v) is 14.1. The third kappa shape index (κ3) is 4.67. The summed E-state index contributed by atoms with van der Waals surface area (Å²) in [6, 6.07) is 17.3. The molecule has 0 atom stereocenters. The largest absolute Gasteiger partial charge is 0.295 e. The minimum atomic E-state index is 0.994. The predicted octanol–water partition coefficient (Wildman–Crippen LogP) is 3.46. The molecule has 1 aliphatic rings. The predicted molar refractivity (Wildman–Crippen MR) is 96.8 cm³/mol. The SMILES string of the molecule is Cc1ccc(CN2CCN(N=Cc3cccc(C)c3)CC2)cc1. The summed E-state index contributed by atoms with van der Waals surface area (Å²) in [5.41, 5.74) is 5.17. The van der Waals surface area contributed by atoms with E-state index in [0.29, 0.717) is 0 Å². The average molecular weight is 307 g/mol. The lowest BCUT2D eigenvalue weighted by molar-refractivity contribution is 0.131. The van der Waals surface area contributed by atoms with Crippen molar-refractivity contribution >= 4 is 6.21 Å². The molecule has 0 aromatic heterocycles. The van der Waals surface area contributed by atoms with Gasteiger partial charge in [-0.25, -0.2) is 0 Å². The molecule has 0 saturated carbocycles. The molecule has 1 aliphatic heterocycles. The summed E-state index contributed by atoms with van der Waals surface area (Å²) in [5, 5.41) is 6.80. The van der Waals surface area contributed by atoms with E-state index in [2.05, 4.69) is 77.4 Å². The number of benzene rings is 2. The van der Waals surface area contributed by atoms with Crippen molar-refractivity contribution in [2.75, 3.05) is 26.2 Å².